The number of nitrogens with one attached hydrogen (secondary N) is 1. The number of rotatable bonds is 3. The highest BCUT2D eigenvalue weighted by Crippen LogP contribution is 2.15. The molecule has 0 amide bonds. The Balaban J connectivity index is 0.000000583. The molecule has 1 aromatic rings. The van der Waals surface area contributed by atoms with Crippen molar-refractivity contribution in [3.8, 4) is 5.40 Å². The molecule has 15 heavy (non-hydrogen) atoms. The maximum atomic E-state index is 9.73. The van der Waals surface area contributed by atoms with Crippen molar-refractivity contribution < 1.29 is 5.11 Å². The van der Waals surface area contributed by atoms with Crippen molar-refractivity contribution in [3.05, 3.63) is 35.9 Å². The highest BCUT2D eigenvalue weighted by atomic mass is 32.1. The van der Waals surface area contributed by atoms with E-state index in [1.807, 2.05) is 44.3 Å². The Kier molecular flexibility index (Phi) is 7.74. The zero-order valence-corrected chi connectivity index (χ0v) is 9.78. The maximum Gasteiger partial charge on any atom is 0.130 e. The van der Waals surface area contributed by atoms with E-state index in [0.717, 1.165) is 5.56 Å². The van der Waals surface area contributed by atoms with E-state index in [1.165, 1.54) is 5.40 Å². The molecule has 0 saturated heterocycles. The lowest BCUT2D eigenvalue weighted by Gasteiger charge is -2.17. The van der Waals surface area contributed by atoms with Crippen LogP contribution in [0.15, 0.2) is 30.3 Å². The molecule has 0 aliphatic carbocycles. The highest BCUT2D eigenvalue weighted by Gasteiger charge is 2.12. The lowest BCUT2D eigenvalue weighted by atomic mass is 10.0. The fourth-order valence-corrected chi connectivity index (χ4v) is 1.10. The molecule has 82 valence electrons. The second-order valence-corrected chi connectivity index (χ2v) is 3.23. The van der Waals surface area contributed by atoms with Gasteiger partial charge in [0, 0.05) is 6.04 Å². The molecule has 4 heteroatoms. The minimum atomic E-state index is -0.420. The van der Waals surface area contributed by atoms with Gasteiger partial charge in [-0.15, -0.1) is 0 Å². The van der Waals surface area contributed by atoms with Gasteiger partial charge < -0.3 is 10.4 Å². The number of thiocyanates is 1. The molecule has 2 N–H and O–H groups in total. The summed E-state index contributed by atoms with van der Waals surface area (Å²) in [5.74, 6) is 0. The number of nitriles is 1. The summed E-state index contributed by atoms with van der Waals surface area (Å²) in [6.45, 7) is 1.96. The third-order valence-electron chi connectivity index (χ3n) is 2.07. The fourth-order valence-electron chi connectivity index (χ4n) is 1.10. The SMILES string of the molecule is CN[C@@H](C)[C@H](O)c1ccccc1.N#CS. The third-order valence-corrected chi connectivity index (χ3v) is 2.07. The molecule has 1 rings (SSSR count). The Morgan fingerprint density at radius 1 is 1.40 bits per heavy atom. The molecule has 0 aliphatic heterocycles. The maximum absolute atomic E-state index is 9.73. The van der Waals surface area contributed by atoms with Crippen LogP contribution in [0.2, 0.25) is 0 Å². The van der Waals surface area contributed by atoms with Crippen LogP contribution in [0.4, 0.5) is 0 Å². The van der Waals surface area contributed by atoms with Crippen molar-refractivity contribution in [2.75, 3.05) is 7.05 Å². The Morgan fingerprint density at radius 3 is 2.27 bits per heavy atom. The first kappa shape index (κ1) is 14.0. The Labute approximate surface area is 96.2 Å². The van der Waals surface area contributed by atoms with Crippen LogP contribution in [0.25, 0.3) is 0 Å². The number of benzene rings is 1. The van der Waals surface area contributed by atoms with Crippen LogP contribution in [0.3, 0.4) is 0 Å². The molecule has 0 spiro atoms. The summed E-state index contributed by atoms with van der Waals surface area (Å²) in [7, 11) is 1.84. The van der Waals surface area contributed by atoms with E-state index in [-0.39, 0.29) is 6.04 Å². The molecular weight excluding hydrogens is 208 g/mol. The smallest absolute Gasteiger partial charge is 0.130 e. The van der Waals surface area contributed by atoms with Gasteiger partial charge in [0.25, 0.3) is 0 Å². The lowest BCUT2D eigenvalue weighted by Crippen LogP contribution is -2.28. The van der Waals surface area contributed by atoms with Gasteiger partial charge in [0.2, 0.25) is 0 Å². The fraction of sp³-hybridized carbons (Fsp3) is 0.364. The number of hydrogen-bond acceptors (Lipinski definition) is 4. The van der Waals surface area contributed by atoms with Gasteiger partial charge in [-0.3, -0.25) is 0 Å². The van der Waals surface area contributed by atoms with E-state index >= 15 is 0 Å². The minimum absolute atomic E-state index is 0.0902. The van der Waals surface area contributed by atoms with E-state index in [9.17, 15) is 5.11 Å². The van der Waals surface area contributed by atoms with Crippen molar-refractivity contribution >= 4 is 12.6 Å². The van der Waals surface area contributed by atoms with Crippen molar-refractivity contribution in [2.45, 2.75) is 19.1 Å². The van der Waals surface area contributed by atoms with Gasteiger partial charge in [-0.1, -0.05) is 43.0 Å². The Hall–Kier alpha value is -1.02. The van der Waals surface area contributed by atoms with E-state index in [2.05, 4.69) is 17.9 Å². The van der Waals surface area contributed by atoms with Gasteiger partial charge in [0.1, 0.15) is 5.40 Å². The largest absolute Gasteiger partial charge is 0.387 e. The van der Waals surface area contributed by atoms with E-state index in [4.69, 9.17) is 5.26 Å². The monoisotopic (exact) mass is 224 g/mol. The average molecular weight is 224 g/mol. The molecule has 0 unspecified atom stereocenters. The quantitative estimate of drug-likeness (QED) is 0.541. The molecule has 0 radical (unpaired) electrons. The van der Waals surface area contributed by atoms with Crippen LogP contribution in [0, 0.1) is 10.7 Å². The molecule has 0 saturated carbocycles. The van der Waals surface area contributed by atoms with Crippen molar-refractivity contribution in [2.24, 2.45) is 0 Å². The summed E-state index contributed by atoms with van der Waals surface area (Å²) in [6, 6.07) is 9.76. The Morgan fingerprint density at radius 2 is 1.87 bits per heavy atom. The van der Waals surface area contributed by atoms with Gasteiger partial charge in [0.05, 0.1) is 6.10 Å². The topological polar surface area (TPSA) is 56.0 Å². The van der Waals surface area contributed by atoms with Crippen LogP contribution >= 0.6 is 12.6 Å². The zero-order valence-electron chi connectivity index (χ0n) is 8.88. The second kappa shape index (κ2) is 8.30. The predicted octanol–water partition coefficient (Wildman–Crippen LogP) is 1.73. The number of aliphatic hydroxyl groups excluding tert-OH is 1. The minimum Gasteiger partial charge on any atom is -0.387 e. The highest BCUT2D eigenvalue weighted by molar-refractivity contribution is 7.85. The number of nitrogens with zero attached hydrogens (tertiary/aromatic N) is 1. The summed E-state index contributed by atoms with van der Waals surface area (Å²) < 4.78 is 0. The normalized spacial score (nSPS) is 13.0. The molecule has 1 aromatic carbocycles. The first-order valence-corrected chi connectivity index (χ1v) is 5.05. The molecule has 0 bridgehead atoms. The van der Waals surface area contributed by atoms with Crippen LogP contribution in [-0.2, 0) is 0 Å². The number of hydrogen-bond donors (Lipinski definition) is 3. The van der Waals surface area contributed by atoms with Crippen molar-refractivity contribution in [1.82, 2.24) is 5.32 Å². The Bertz CT molecular complexity index is 297. The number of likely N-dealkylation sites (N-methyl/N-ethyl adjacent to an activating group) is 1. The average Bonchev–Trinajstić information content (AvgIpc) is 2.29. The molecule has 2 atom stereocenters. The molecule has 0 aromatic heterocycles. The first-order valence-electron chi connectivity index (χ1n) is 4.60. The summed E-state index contributed by atoms with van der Waals surface area (Å²) in [6.07, 6.45) is -0.420. The molecule has 3 nitrogen and oxygen atoms in total. The van der Waals surface area contributed by atoms with E-state index < -0.39 is 6.10 Å². The summed E-state index contributed by atoms with van der Waals surface area (Å²) >= 11 is 3.09. The van der Waals surface area contributed by atoms with Crippen molar-refractivity contribution in [1.29, 1.82) is 5.26 Å². The molecule has 0 aliphatic rings. The summed E-state index contributed by atoms with van der Waals surface area (Å²) in [5, 5.41) is 21.4. The standard InChI is InChI=1S/C10H15NO.CHNS/c1-8(11-2)10(12)9-6-4-3-5-7-9;2-1-3/h3-8,10-12H,1-2H3;3H/t8-,10-;/m0./s1. The predicted molar refractivity (Wildman–Crippen MR) is 64.5 cm³/mol. The van der Waals surface area contributed by atoms with Crippen molar-refractivity contribution in [3.63, 3.8) is 0 Å². The van der Waals surface area contributed by atoms with Crippen LogP contribution in [-0.4, -0.2) is 18.2 Å². The zero-order chi connectivity index (χ0) is 11.7. The molecule has 0 heterocycles. The van der Waals surface area contributed by atoms with Gasteiger partial charge in [0.15, 0.2) is 0 Å². The third kappa shape index (κ3) is 5.43. The lowest BCUT2D eigenvalue weighted by molar-refractivity contribution is 0.140. The van der Waals surface area contributed by atoms with Crippen LogP contribution in [0.5, 0.6) is 0 Å². The second-order valence-electron chi connectivity index (χ2n) is 3.03. The number of thiol groups is 1. The van der Waals surface area contributed by atoms with Gasteiger partial charge in [-0.25, -0.2) is 0 Å². The van der Waals surface area contributed by atoms with Crippen LogP contribution < -0.4 is 5.32 Å². The molecular formula is C11H16N2OS. The van der Waals surface area contributed by atoms with E-state index in [0.29, 0.717) is 0 Å². The summed E-state index contributed by atoms with van der Waals surface area (Å²) in [4.78, 5) is 0. The molecule has 0 fully saturated rings. The van der Waals surface area contributed by atoms with Gasteiger partial charge in [-0.05, 0) is 19.5 Å². The number of aliphatic hydroxyl groups is 1. The first-order chi connectivity index (χ1) is 7.17. The van der Waals surface area contributed by atoms with Crippen LogP contribution in [0.1, 0.15) is 18.6 Å². The summed E-state index contributed by atoms with van der Waals surface area (Å²) in [5.41, 5.74) is 0.958. The van der Waals surface area contributed by atoms with E-state index in [1.54, 1.807) is 0 Å². The van der Waals surface area contributed by atoms with Gasteiger partial charge in [-0.2, -0.15) is 5.26 Å². The van der Waals surface area contributed by atoms with Gasteiger partial charge >= 0.3 is 0 Å².